The van der Waals surface area contributed by atoms with Crippen molar-refractivity contribution in [1.82, 2.24) is 19.9 Å². The lowest BCUT2D eigenvalue weighted by atomic mass is 10.1. The third-order valence-electron chi connectivity index (χ3n) is 5.51. The van der Waals surface area contributed by atoms with E-state index in [9.17, 15) is 26.3 Å². The van der Waals surface area contributed by atoms with Gasteiger partial charge in [-0.1, -0.05) is 12.1 Å². The molecule has 3 aromatic rings. The van der Waals surface area contributed by atoms with Gasteiger partial charge in [0.2, 0.25) is 5.95 Å². The molecule has 6 nitrogen and oxygen atoms in total. The molecule has 35 heavy (non-hydrogen) atoms. The summed E-state index contributed by atoms with van der Waals surface area (Å²) in [7, 11) is 0. The summed E-state index contributed by atoms with van der Waals surface area (Å²) in [6.07, 6.45) is -7.78. The Kier molecular flexibility index (Phi) is 6.76. The van der Waals surface area contributed by atoms with E-state index in [0.29, 0.717) is 0 Å². The van der Waals surface area contributed by atoms with Gasteiger partial charge in [-0.25, -0.2) is 9.97 Å². The molecule has 2 aromatic heterocycles. The van der Waals surface area contributed by atoms with Crippen LogP contribution in [0.25, 0.3) is 11.4 Å². The van der Waals surface area contributed by atoms with Crippen molar-refractivity contribution in [3.8, 4) is 11.4 Å². The fourth-order valence-corrected chi connectivity index (χ4v) is 4.00. The summed E-state index contributed by atoms with van der Waals surface area (Å²) in [4.78, 5) is 20.1. The molecule has 0 radical (unpaired) electrons. The molecule has 1 saturated heterocycles. The maximum absolute atomic E-state index is 13.4. The monoisotopic (exact) mass is 516 g/mol. The van der Waals surface area contributed by atoms with Crippen LogP contribution < -0.4 is 9.80 Å². The van der Waals surface area contributed by atoms with E-state index in [4.69, 9.17) is 11.6 Å². The highest BCUT2D eigenvalue weighted by atomic mass is 35.5. The first kappa shape index (κ1) is 25.0. The van der Waals surface area contributed by atoms with E-state index < -0.39 is 23.5 Å². The van der Waals surface area contributed by atoms with E-state index in [2.05, 4.69) is 19.9 Å². The number of piperazine rings is 1. The summed E-state index contributed by atoms with van der Waals surface area (Å²) in [5.74, 6) is 0.123. The number of benzene rings is 1. The van der Waals surface area contributed by atoms with E-state index in [1.54, 1.807) is 16.7 Å². The minimum absolute atomic E-state index is 0.0236. The van der Waals surface area contributed by atoms with E-state index in [1.165, 1.54) is 24.4 Å². The summed E-state index contributed by atoms with van der Waals surface area (Å²) in [6, 6.07) is 6.48. The highest BCUT2D eigenvalue weighted by Crippen LogP contribution is 2.36. The van der Waals surface area contributed by atoms with Gasteiger partial charge in [0.1, 0.15) is 11.6 Å². The fraction of sp³-hybridized carbons (Fsp3) is 0.364. The van der Waals surface area contributed by atoms with Crippen LogP contribution in [-0.4, -0.2) is 45.6 Å². The van der Waals surface area contributed by atoms with Gasteiger partial charge in [0.05, 0.1) is 17.0 Å². The van der Waals surface area contributed by atoms with Crippen molar-refractivity contribution in [3.05, 3.63) is 59.5 Å². The average Bonchev–Trinajstić information content (AvgIpc) is 2.82. The Labute approximate surface area is 201 Å². The second kappa shape index (κ2) is 9.48. The molecule has 0 bridgehead atoms. The number of aromatic nitrogens is 4. The van der Waals surface area contributed by atoms with Gasteiger partial charge in [-0.3, -0.25) is 0 Å². The normalized spacial score (nSPS) is 17.1. The summed E-state index contributed by atoms with van der Waals surface area (Å²) < 4.78 is 79.8. The highest BCUT2D eigenvalue weighted by Gasteiger charge is 2.37. The van der Waals surface area contributed by atoms with Crippen LogP contribution in [0.5, 0.6) is 0 Å². The first-order chi connectivity index (χ1) is 16.5. The Morgan fingerprint density at radius 1 is 0.971 bits per heavy atom. The standard InChI is InChI=1S/C22H19ClF6N6/c1-13-12-34(19-16(22(27,28)29)6-3-7-30-19)8-9-35(13)20-32-17(11-23)31-18(33-20)14-4-2-5-15(10-14)21(24,25)26/h2-7,10,13H,8-9,11-12H2,1H3. The largest absolute Gasteiger partial charge is 0.419 e. The molecule has 4 rings (SSSR count). The lowest BCUT2D eigenvalue weighted by molar-refractivity contribution is -0.138. The number of halogens is 7. The molecule has 0 saturated carbocycles. The van der Waals surface area contributed by atoms with Gasteiger partial charge < -0.3 is 9.80 Å². The van der Waals surface area contributed by atoms with Crippen LogP contribution in [0.1, 0.15) is 23.9 Å². The van der Waals surface area contributed by atoms with Crippen LogP contribution in [0, 0.1) is 0 Å². The summed E-state index contributed by atoms with van der Waals surface area (Å²) >= 11 is 5.93. The third-order valence-corrected chi connectivity index (χ3v) is 5.75. The topological polar surface area (TPSA) is 58.0 Å². The fourth-order valence-electron chi connectivity index (χ4n) is 3.88. The van der Waals surface area contributed by atoms with Crippen LogP contribution in [0.2, 0.25) is 0 Å². The SMILES string of the molecule is CC1CN(c2ncccc2C(F)(F)F)CCN1c1nc(CCl)nc(-c2cccc(C(F)(F)F)c2)n1. The minimum Gasteiger partial charge on any atom is -0.352 e. The predicted octanol–water partition coefficient (Wildman–Crippen LogP) is 5.43. The van der Waals surface area contributed by atoms with Crippen LogP contribution in [0.15, 0.2) is 42.6 Å². The minimum atomic E-state index is -4.55. The van der Waals surface area contributed by atoms with E-state index in [0.717, 1.165) is 18.2 Å². The van der Waals surface area contributed by atoms with Gasteiger partial charge in [-0.15, -0.1) is 11.6 Å². The number of nitrogens with zero attached hydrogens (tertiary/aromatic N) is 6. The maximum atomic E-state index is 13.4. The van der Waals surface area contributed by atoms with Gasteiger partial charge >= 0.3 is 12.4 Å². The van der Waals surface area contributed by atoms with E-state index in [1.807, 2.05) is 0 Å². The van der Waals surface area contributed by atoms with Crippen LogP contribution in [0.4, 0.5) is 38.1 Å². The molecule has 0 spiro atoms. The zero-order valence-corrected chi connectivity index (χ0v) is 19.0. The number of rotatable bonds is 4. The third kappa shape index (κ3) is 5.42. The van der Waals surface area contributed by atoms with Gasteiger partial charge in [-0.2, -0.15) is 36.3 Å². The Morgan fingerprint density at radius 2 is 1.74 bits per heavy atom. The molecule has 1 unspecified atom stereocenters. The molecule has 1 fully saturated rings. The van der Waals surface area contributed by atoms with Crippen molar-refractivity contribution in [2.24, 2.45) is 0 Å². The Bertz CT molecular complexity index is 1200. The summed E-state index contributed by atoms with van der Waals surface area (Å²) in [5.41, 5.74) is -1.52. The van der Waals surface area contributed by atoms with Crippen molar-refractivity contribution in [3.63, 3.8) is 0 Å². The highest BCUT2D eigenvalue weighted by molar-refractivity contribution is 6.16. The smallest absolute Gasteiger partial charge is 0.352 e. The van der Waals surface area contributed by atoms with Crippen LogP contribution in [-0.2, 0) is 18.2 Å². The summed E-state index contributed by atoms with van der Waals surface area (Å²) in [6.45, 7) is 2.44. The second-order valence-corrected chi connectivity index (χ2v) is 8.22. The lowest BCUT2D eigenvalue weighted by Crippen LogP contribution is -2.53. The number of anilines is 2. The van der Waals surface area contributed by atoms with Gasteiger partial charge in [0.25, 0.3) is 0 Å². The van der Waals surface area contributed by atoms with Crippen LogP contribution >= 0.6 is 11.6 Å². The molecule has 13 heteroatoms. The Balaban J connectivity index is 1.63. The lowest BCUT2D eigenvalue weighted by Gasteiger charge is -2.41. The molecule has 0 aliphatic carbocycles. The first-order valence-electron chi connectivity index (χ1n) is 10.5. The van der Waals surface area contributed by atoms with Gasteiger partial charge in [-0.05, 0) is 31.2 Å². The van der Waals surface area contributed by atoms with Crippen molar-refractivity contribution < 1.29 is 26.3 Å². The van der Waals surface area contributed by atoms with E-state index >= 15 is 0 Å². The van der Waals surface area contributed by atoms with Gasteiger partial charge in [0, 0.05) is 37.4 Å². The molecule has 3 heterocycles. The predicted molar refractivity (Wildman–Crippen MR) is 118 cm³/mol. The molecule has 0 N–H and O–H groups in total. The van der Waals surface area contributed by atoms with Gasteiger partial charge in [0.15, 0.2) is 5.82 Å². The molecular weight excluding hydrogens is 498 g/mol. The van der Waals surface area contributed by atoms with Crippen molar-refractivity contribution in [1.29, 1.82) is 0 Å². The second-order valence-electron chi connectivity index (χ2n) is 7.95. The van der Waals surface area contributed by atoms with Crippen molar-refractivity contribution >= 4 is 23.4 Å². The number of alkyl halides is 7. The summed E-state index contributed by atoms with van der Waals surface area (Å²) in [5, 5.41) is 0. The van der Waals surface area contributed by atoms with Crippen LogP contribution in [0.3, 0.4) is 0 Å². The molecule has 1 aromatic carbocycles. The quantitative estimate of drug-likeness (QED) is 0.341. The Hall–Kier alpha value is -3.15. The zero-order valence-electron chi connectivity index (χ0n) is 18.3. The van der Waals surface area contributed by atoms with Crippen molar-refractivity contribution in [2.45, 2.75) is 31.2 Å². The Morgan fingerprint density at radius 3 is 2.40 bits per heavy atom. The number of pyridine rings is 1. The molecular formula is C22H19ClF6N6. The van der Waals surface area contributed by atoms with E-state index in [-0.39, 0.29) is 60.5 Å². The molecule has 1 aliphatic heterocycles. The molecule has 186 valence electrons. The maximum Gasteiger partial charge on any atom is 0.419 e. The average molecular weight is 517 g/mol. The molecule has 0 amide bonds. The molecule has 1 aliphatic rings. The number of hydrogen-bond donors (Lipinski definition) is 0. The zero-order chi connectivity index (χ0) is 25.4. The first-order valence-corrected chi connectivity index (χ1v) is 11.0. The van der Waals surface area contributed by atoms with Crippen molar-refractivity contribution in [2.75, 3.05) is 29.4 Å². The molecule has 1 atom stereocenters. The number of hydrogen-bond acceptors (Lipinski definition) is 6.